The van der Waals surface area contributed by atoms with Crippen molar-refractivity contribution < 1.29 is 4.79 Å². The van der Waals surface area contributed by atoms with Crippen LogP contribution >= 0.6 is 0 Å². The molecule has 98 valence electrons. The minimum absolute atomic E-state index is 0.0889. The highest BCUT2D eigenvalue weighted by molar-refractivity contribution is 5.80. The second-order valence-corrected chi connectivity index (χ2v) is 4.14. The number of carbonyl (C=O) groups is 1. The molecule has 1 amide bonds. The van der Waals surface area contributed by atoms with Gasteiger partial charge < -0.3 is 10.6 Å². The number of rotatable bonds is 5. The predicted octanol–water partition coefficient (Wildman–Crippen LogP) is 1.51. The van der Waals surface area contributed by atoms with Crippen molar-refractivity contribution in [3.05, 3.63) is 53.9 Å². The number of amides is 1. The van der Waals surface area contributed by atoms with Crippen LogP contribution in [0.25, 0.3) is 0 Å². The molecule has 0 radical (unpaired) electrons. The Morgan fingerprint density at radius 3 is 2.74 bits per heavy atom. The third kappa shape index (κ3) is 4.39. The summed E-state index contributed by atoms with van der Waals surface area (Å²) in [5.74, 6) is 0.379. The van der Waals surface area contributed by atoms with Crippen molar-refractivity contribution in [1.82, 2.24) is 15.3 Å². The fraction of sp³-hybridized carbons (Fsp3) is 0.214. The average Bonchev–Trinajstić information content (AvgIpc) is 2.44. The van der Waals surface area contributed by atoms with Gasteiger partial charge in [0.2, 0.25) is 11.9 Å². The van der Waals surface area contributed by atoms with Crippen LogP contribution in [0.1, 0.15) is 11.3 Å². The van der Waals surface area contributed by atoms with E-state index in [2.05, 4.69) is 20.6 Å². The summed E-state index contributed by atoms with van der Waals surface area (Å²) in [7, 11) is 0. The first-order valence-electron chi connectivity index (χ1n) is 6.08. The van der Waals surface area contributed by atoms with Crippen molar-refractivity contribution in [2.24, 2.45) is 0 Å². The molecule has 2 aromatic rings. The van der Waals surface area contributed by atoms with Crippen LogP contribution < -0.4 is 10.6 Å². The quantitative estimate of drug-likeness (QED) is 0.851. The van der Waals surface area contributed by atoms with Crippen molar-refractivity contribution >= 4 is 11.9 Å². The molecule has 19 heavy (non-hydrogen) atoms. The summed E-state index contributed by atoms with van der Waals surface area (Å²) in [4.78, 5) is 19.8. The van der Waals surface area contributed by atoms with Gasteiger partial charge >= 0.3 is 0 Å². The number of nitrogens with one attached hydrogen (secondary N) is 2. The Morgan fingerprint density at radius 2 is 2.00 bits per heavy atom. The van der Waals surface area contributed by atoms with Gasteiger partial charge in [-0.05, 0) is 18.6 Å². The SMILES string of the molecule is Cc1ccnc(NCC(=O)NCc2ccccc2)n1. The Bertz CT molecular complexity index is 542. The molecule has 0 unspecified atom stereocenters. The molecule has 1 heterocycles. The van der Waals surface area contributed by atoms with Crippen LogP contribution in [0.3, 0.4) is 0 Å². The van der Waals surface area contributed by atoms with E-state index in [1.807, 2.05) is 37.3 Å². The summed E-state index contributed by atoms with van der Waals surface area (Å²) < 4.78 is 0. The van der Waals surface area contributed by atoms with Gasteiger partial charge in [-0.2, -0.15) is 0 Å². The monoisotopic (exact) mass is 256 g/mol. The second kappa shape index (κ2) is 6.49. The maximum Gasteiger partial charge on any atom is 0.239 e. The Balaban J connectivity index is 1.76. The average molecular weight is 256 g/mol. The number of carbonyl (C=O) groups excluding carboxylic acids is 1. The first-order chi connectivity index (χ1) is 9.24. The summed E-state index contributed by atoms with van der Waals surface area (Å²) in [6, 6.07) is 11.6. The van der Waals surface area contributed by atoms with Gasteiger partial charge in [0.1, 0.15) is 0 Å². The summed E-state index contributed by atoms with van der Waals surface area (Å²) in [5, 5.41) is 5.71. The highest BCUT2D eigenvalue weighted by atomic mass is 16.1. The maximum absolute atomic E-state index is 11.6. The van der Waals surface area contributed by atoms with Crippen molar-refractivity contribution in [3.8, 4) is 0 Å². The summed E-state index contributed by atoms with van der Waals surface area (Å²) >= 11 is 0. The first-order valence-corrected chi connectivity index (χ1v) is 6.08. The van der Waals surface area contributed by atoms with Gasteiger partial charge in [0.25, 0.3) is 0 Å². The molecule has 0 atom stereocenters. The van der Waals surface area contributed by atoms with Crippen LogP contribution in [0, 0.1) is 6.92 Å². The van der Waals surface area contributed by atoms with Gasteiger partial charge in [0.15, 0.2) is 0 Å². The van der Waals surface area contributed by atoms with Crippen molar-refractivity contribution in [3.63, 3.8) is 0 Å². The number of aromatic nitrogens is 2. The van der Waals surface area contributed by atoms with Gasteiger partial charge in [-0.25, -0.2) is 9.97 Å². The zero-order chi connectivity index (χ0) is 13.5. The third-order valence-electron chi connectivity index (χ3n) is 2.53. The van der Waals surface area contributed by atoms with Crippen LogP contribution in [-0.4, -0.2) is 22.4 Å². The molecule has 2 rings (SSSR count). The van der Waals surface area contributed by atoms with E-state index in [-0.39, 0.29) is 12.5 Å². The largest absolute Gasteiger partial charge is 0.350 e. The summed E-state index contributed by atoms with van der Waals surface area (Å²) in [5.41, 5.74) is 1.94. The van der Waals surface area contributed by atoms with Gasteiger partial charge in [0.05, 0.1) is 6.54 Å². The standard InChI is InChI=1S/C14H16N4O/c1-11-7-8-15-14(18-11)17-10-13(19)16-9-12-5-3-2-4-6-12/h2-8H,9-10H2,1H3,(H,16,19)(H,15,17,18). The van der Waals surface area contributed by atoms with Gasteiger partial charge in [0, 0.05) is 18.4 Å². The molecule has 0 aliphatic rings. The van der Waals surface area contributed by atoms with Gasteiger partial charge in [-0.15, -0.1) is 0 Å². The Labute approximate surface area is 112 Å². The molecule has 0 saturated carbocycles. The number of benzene rings is 1. The zero-order valence-corrected chi connectivity index (χ0v) is 10.8. The number of hydrogen-bond acceptors (Lipinski definition) is 4. The second-order valence-electron chi connectivity index (χ2n) is 4.14. The molecule has 5 heteroatoms. The van der Waals surface area contributed by atoms with E-state index in [4.69, 9.17) is 0 Å². The fourth-order valence-electron chi connectivity index (χ4n) is 1.55. The topological polar surface area (TPSA) is 66.9 Å². The highest BCUT2D eigenvalue weighted by Gasteiger charge is 2.02. The van der Waals surface area contributed by atoms with Crippen molar-refractivity contribution in [2.45, 2.75) is 13.5 Å². The van der Waals surface area contributed by atoms with Crippen LogP contribution in [0.5, 0.6) is 0 Å². The zero-order valence-electron chi connectivity index (χ0n) is 10.8. The molecule has 0 bridgehead atoms. The van der Waals surface area contributed by atoms with Crippen molar-refractivity contribution in [1.29, 1.82) is 0 Å². The summed E-state index contributed by atoms with van der Waals surface area (Å²) in [6.07, 6.45) is 1.66. The molecular weight excluding hydrogens is 240 g/mol. The van der Waals surface area contributed by atoms with Gasteiger partial charge in [-0.1, -0.05) is 30.3 Å². The molecule has 0 fully saturated rings. The number of aryl methyl sites for hydroxylation is 1. The Hall–Kier alpha value is -2.43. The molecule has 0 aliphatic heterocycles. The van der Waals surface area contributed by atoms with Crippen LogP contribution in [-0.2, 0) is 11.3 Å². The van der Waals surface area contributed by atoms with E-state index in [0.29, 0.717) is 12.5 Å². The molecule has 2 N–H and O–H groups in total. The number of anilines is 1. The molecule has 5 nitrogen and oxygen atoms in total. The van der Waals surface area contributed by atoms with Crippen molar-refractivity contribution in [2.75, 3.05) is 11.9 Å². The molecule has 0 spiro atoms. The molecule has 1 aromatic heterocycles. The lowest BCUT2D eigenvalue weighted by Crippen LogP contribution is -2.29. The predicted molar refractivity (Wildman–Crippen MR) is 73.5 cm³/mol. The van der Waals surface area contributed by atoms with E-state index in [9.17, 15) is 4.79 Å². The Morgan fingerprint density at radius 1 is 1.21 bits per heavy atom. The molecule has 1 aromatic carbocycles. The van der Waals surface area contributed by atoms with Crippen LogP contribution in [0.2, 0.25) is 0 Å². The maximum atomic E-state index is 11.6. The van der Waals surface area contributed by atoms with Crippen LogP contribution in [0.4, 0.5) is 5.95 Å². The van der Waals surface area contributed by atoms with Gasteiger partial charge in [-0.3, -0.25) is 4.79 Å². The molecule has 0 saturated heterocycles. The first kappa shape index (κ1) is 13.0. The lowest BCUT2D eigenvalue weighted by atomic mass is 10.2. The smallest absolute Gasteiger partial charge is 0.239 e. The highest BCUT2D eigenvalue weighted by Crippen LogP contribution is 1.99. The van der Waals surface area contributed by atoms with E-state index in [1.165, 1.54) is 0 Å². The summed E-state index contributed by atoms with van der Waals surface area (Å²) in [6.45, 7) is 2.56. The number of hydrogen-bond donors (Lipinski definition) is 2. The fourth-order valence-corrected chi connectivity index (χ4v) is 1.55. The minimum Gasteiger partial charge on any atom is -0.350 e. The Kier molecular flexibility index (Phi) is 4.44. The molecular formula is C14H16N4O. The lowest BCUT2D eigenvalue weighted by molar-refractivity contribution is -0.119. The minimum atomic E-state index is -0.0889. The number of nitrogens with zero attached hydrogens (tertiary/aromatic N) is 2. The van der Waals surface area contributed by atoms with E-state index < -0.39 is 0 Å². The van der Waals surface area contributed by atoms with E-state index >= 15 is 0 Å². The normalized spacial score (nSPS) is 9.95. The van der Waals surface area contributed by atoms with E-state index in [0.717, 1.165) is 11.3 Å². The van der Waals surface area contributed by atoms with E-state index in [1.54, 1.807) is 12.3 Å². The molecule has 0 aliphatic carbocycles. The third-order valence-corrected chi connectivity index (χ3v) is 2.53. The van der Waals surface area contributed by atoms with Crippen LogP contribution in [0.15, 0.2) is 42.6 Å². The lowest BCUT2D eigenvalue weighted by Gasteiger charge is -2.07.